The third-order valence-corrected chi connectivity index (χ3v) is 4.00. The smallest absolute Gasteiger partial charge is 0.319 e. The molecule has 2 aromatic rings. The van der Waals surface area contributed by atoms with Crippen LogP contribution in [-0.2, 0) is 11.3 Å². The van der Waals surface area contributed by atoms with Crippen LogP contribution in [0.25, 0.3) is 0 Å². The number of thioether (sulfide) groups is 1. The molecule has 9 heteroatoms. The molecule has 0 aliphatic heterocycles. The predicted octanol–water partition coefficient (Wildman–Crippen LogP) is 3.31. The van der Waals surface area contributed by atoms with E-state index in [1.807, 2.05) is 0 Å². The van der Waals surface area contributed by atoms with Gasteiger partial charge in [-0.3, -0.25) is 9.36 Å². The maximum absolute atomic E-state index is 13.1. The van der Waals surface area contributed by atoms with Gasteiger partial charge in [0.05, 0.1) is 12.3 Å². The Bertz CT molecular complexity index is 692. The van der Waals surface area contributed by atoms with Crippen molar-refractivity contribution in [2.24, 2.45) is 0 Å². The Kier molecular flexibility index (Phi) is 5.64. The van der Waals surface area contributed by atoms with E-state index < -0.39 is 18.2 Å². The Labute approximate surface area is 134 Å². The van der Waals surface area contributed by atoms with E-state index in [-0.39, 0.29) is 24.0 Å². The highest BCUT2D eigenvalue weighted by Gasteiger charge is 2.16. The van der Waals surface area contributed by atoms with Gasteiger partial charge in [0, 0.05) is 24.3 Å². The predicted molar refractivity (Wildman–Crippen MR) is 77.0 cm³/mol. The van der Waals surface area contributed by atoms with Crippen LogP contribution in [0.15, 0.2) is 35.5 Å². The number of hydrogen-bond acceptors (Lipinski definition) is 3. The summed E-state index contributed by atoms with van der Waals surface area (Å²) in [5, 5.41) is 0. The summed E-state index contributed by atoms with van der Waals surface area (Å²) in [7, 11) is 1.46. The molecule has 0 N–H and O–H groups in total. The molecule has 1 heterocycles. The number of rotatable bonds is 6. The molecule has 0 bridgehead atoms. The summed E-state index contributed by atoms with van der Waals surface area (Å²) in [4.78, 5) is 17.4. The van der Waals surface area contributed by atoms with E-state index in [0.29, 0.717) is 9.46 Å². The maximum Gasteiger partial charge on any atom is 0.319 e. The molecule has 1 amide bonds. The van der Waals surface area contributed by atoms with Crippen molar-refractivity contribution < 1.29 is 22.4 Å². The maximum atomic E-state index is 13.1. The van der Waals surface area contributed by atoms with E-state index in [2.05, 4.69) is 4.98 Å². The average Bonchev–Trinajstić information content (AvgIpc) is 2.96. The largest absolute Gasteiger partial charge is 0.338 e. The molecule has 0 aliphatic carbocycles. The van der Waals surface area contributed by atoms with Crippen molar-refractivity contribution in [3.63, 3.8) is 0 Å². The van der Waals surface area contributed by atoms with Gasteiger partial charge >= 0.3 is 6.55 Å². The number of carbonyl (C=O) groups is 1. The van der Waals surface area contributed by atoms with Crippen LogP contribution in [0.2, 0.25) is 0 Å². The number of carbonyl (C=O) groups excluding carboxylic acids is 1. The molecule has 124 valence electrons. The fraction of sp³-hybridized carbons (Fsp3) is 0.286. The number of amides is 1. The van der Waals surface area contributed by atoms with Gasteiger partial charge in [-0.05, 0) is 18.2 Å². The summed E-state index contributed by atoms with van der Waals surface area (Å²) in [6.07, 6.45) is 2.37. The van der Waals surface area contributed by atoms with Gasteiger partial charge in [-0.1, -0.05) is 0 Å². The van der Waals surface area contributed by atoms with E-state index in [4.69, 9.17) is 0 Å². The topological polar surface area (TPSA) is 38.1 Å². The third-order valence-electron chi connectivity index (χ3n) is 3.02. The summed E-state index contributed by atoms with van der Waals surface area (Å²) >= 11 is 1.03. The molecule has 0 radical (unpaired) electrons. The minimum atomic E-state index is -2.73. The second-order valence-electron chi connectivity index (χ2n) is 4.64. The number of nitrogens with zero attached hydrogens (tertiary/aromatic N) is 3. The van der Waals surface area contributed by atoms with Crippen molar-refractivity contribution in [1.29, 1.82) is 0 Å². The molecule has 4 nitrogen and oxygen atoms in total. The highest BCUT2D eigenvalue weighted by atomic mass is 32.2. The second-order valence-corrected chi connectivity index (χ2v) is 5.69. The van der Waals surface area contributed by atoms with Crippen LogP contribution in [0.3, 0.4) is 0 Å². The SMILES string of the molecule is CN(Cc1nccn1C(F)F)C(=O)CSc1ccc(F)c(F)c1. The lowest BCUT2D eigenvalue weighted by Crippen LogP contribution is -2.29. The van der Waals surface area contributed by atoms with Crippen LogP contribution in [-0.4, -0.2) is 33.2 Å². The fourth-order valence-electron chi connectivity index (χ4n) is 1.77. The first kappa shape index (κ1) is 17.3. The van der Waals surface area contributed by atoms with Crippen LogP contribution >= 0.6 is 11.8 Å². The van der Waals surface area contributed by atoms with E-state index in [0.717, 1.165) is 30.1 Å². The first-order chi connectivity index (χ1) is 10.9. The van der Waals surface area contributed by atoms with Gasteiger partial charge in [0.15, 0.2) is 11.6 Å². The third kappa shape index (κ3) is 4.47. The lowest BCUT2D eigenvalue weighted by Gasteiger charge is -2.17. The Balaban J connectivity index is 1.92. The van der Waals surface area contributed by atoms with Crippen LogP contribution in [0.1, 0.15) is 12.4 Å². The van der Waals surface area contributed by atoms with Gasteiger partial charge in [-0.15, -0.1) is 11.8 Å². The number of halogens is 4. The van der Waals surface area contributed by atoms with E-state index in [1.54, 1.807) is 0 Å². The quantitative estimate of drug-likeness (QED) is 0.594. The summed E-state index contributed by atoms with van der Waals surface area (Å²) < 4.78 is 52.0. The van der Waals surface area contributed by atoms with Crippen LogP contribution < -0.4 is 0 Å². The first-order valence-corrected chi connectivity index (χ1v) is 7.48. The van der Waals surface area contributed by atoms with Crippen molar-refractivity contribution in [2.45, 2.75) is 18.0 Å². The number of hydrogen-bond donors (Lipinski definition) is 0. The summed E-state index contributed by atoms with van der Waals surface area (Å²) in [5.41, 5.74) is 0. The minimum absolute atomic E-state index is 0.0308. The summed E-state index contributed by atoms with van der Waals surface area (Å²) in [6, 6.07) is 3.34. The Morgan fingerprint density at radius 2 is 2.09 bits per heavy atom. The molecule has 1 aromatic carbocycles. The first-order valence-electron chi connectivity index (χ1n) is 6.50. The molecule has 2 rings (SSSR count). The highest BCUT2D eigenvalue weighted by Crippen LogP contribution is 2.21. The molecule has 0 aliphatic rings. The Morgan fingerprint density at radius 3 is 2.74 bits per heavy atom. The zero-order valence-corrected chi connectivity index (χ0v) is 12.9. The van der Waals surface area contributed by atoms with E-state index in [9.17, 15) is 22.4 Å². The van der Waals surface area contributed by atoms with Gasteiger partial charge in [0.2, 0.25) is 5.91 Å². The lowest BCUT2D eigenvalue weighted by atomic mass is 10.3. The number of alkyl halides is 2. The second kappa shape index (κ2) is 7.49. The standard InChI is InChI=1S/C14H13F4N3OS/c1-20(7-12-19-4-5-21(12)14(17)18)13(22)8-23-9-2-3-10(15)11(16)6-9/h2-6,14H,7-8H2,1H3. The van der Waals surface area contributed by atoms with Crippen molar-refractivity contribution in [1.82, 2.24) is 14.5 Å². The highest BCUT2D eigenvalue weighted by molar-refractivity contribution is 8.00. The van der Waals surface area contributed by atoms with Gasteiger partial charge in [-0.25, -0.2) is 13.8 Å². The number of benzene rings is 1. The minimum Gasteiger partial charge on any atom is -0.338 e. The summed E-state index contributed by atoms with van der Waals surface area (Å²) in [5.74, 6) is -2.26. The van der Waals surface area contributed by atoms with Crippen molar-refractivity contribution in [3.05, 3.63) is 48.1 Å². The van der Waals surface area contributed by atoms with Gasteiger partial charge < -0.3 is 4.90 Å². The van der Waals surface area contributed by atoms with Crippen LogP contribution in [0.5, 0.6) is 0 Å². The lowest BCUT2D eigenvalue weighted by molar-refractivity contribution is -0.127. The Morgan fingerprint density at radius 1 is 1.35 bits per heavy atom. The number of imidazole rings is 1. The molecule has 1 aromatic heterocycles. The summed E-state index contributed by atoms with van der Waals surface area (Å²) in [6.45, 7) is -2.80. The molecule has 0 saturated carbocycles. The molecular weight excluding hydrogens is 334 g/mol. The number of aromatic nitrogens is 2. The van der Waals surface area contributed by atoms with Crippen molar-refractivity contribution in [2.75, 3.05) is 12.8 Å². The van der Waals surface area contributed by atoms with E-state index >= 15 is 0 Å². The van der Waals surface area contributed by atoms with Crippen molar-refractivity contribution >= 4 is 17.7 Å². The average molecular weight is 347 g/mol. The van der Waals surface area contributed by atoms with Crippen molar-refractivity contribution in [3.8, 4) is 0 Å². The monoisotopic (exact) mass is 347 g/mol. The molecule has 0 saturated heterocycles. The molecule has 23 heavy (non-hydrogen) atoms. The zero-order valence-electron chi connectivity index (χ0n) is 12.0. The molecule has 0 atom stereocenters. The van der Waals surface area contributed by atoms with Gasteiger partial charge in [0.1, 0.15) is 5.82 Å². The van der Waals surface area contributed by atoms with E-state index in [1.165, 1.54) is 24.2 Å². The molecule has 0 fully saturated rings. The van der Waals surface area contributed by atoms with Gasteiger partial charge in [-0.2, -0.15) is 8.78 Å². The molecular formula is C14H13F4N3OS. The zero-order chi connectivity index (χ0) is 17.0. The molecule has 0 unspecified atom stereocenters. The fourth-order valence-corrected chi connectivity index (χ4v) is 2.63. The Hall–Kier alpha value is -2.03. The van der Waals surface area contributed by atoms with Gasteiger partial charge in [0.25, 0.3) is 0 Å². The normalized spacial score (nSPS) is 11.0. The van der Waals surface area contributed by atoms with Crippen LogP contribution in [0.4, 0.5) is 17.6 Å². The van der Waals surface area contributed by atoms with Crippen LogP contribution in [0, 0.1) is 11.6 Å². The molecule has 0 spiro atoms.